The van der Waals surface area contributed by atoms with Crippen LogP contribution in [0.25, 0.3) is 0 Å². The minimum Gasteiger partial charge on any atom is -0.375 e. The van der Waals surface area contributed by atoms with Crippen molar-refractivity contribution in [2.45, 2.75) is 64.6 Å². The van der Waals surface area contributed by atoms with Gasteiger partial charge < -0.3 is 10.1 Å². The molecule has 0 bridgehead atoms. The molecule has 1 saturated carbocycles. The highest BCUT2D eigenvalue weighted by Crippen LogP contribution is 2.30. The largest absolute Gasteiger partial charge is 0.375 e. The Labute approximate surface area is 112 Å². The van der Waals surface area contributed by atoms with E-state index in [9.17, 15) is 0 Å². The molecule has 1 aliphatic carbocycles. The molecule has 18 heavy (non-hydrogen) atoms. The Kier molecular flexibility index (Phi) is 4.68. The summed E-state index contributed by atoms with van der Waals surface area (Å²) < 4.78 is 5.88. The van der Waals surface area contributed by atoms with Crippen LogP contribution in [0.5, 0.6) is 0 Å². The molecule has 1 heterocycles. The zero-order valence-corrected chi connectivity index (χ0v) is 12.5. The molecule has 2 aliphatic rings. The van der Waals surface area contributed by atoms with Crippen LogP contribution in [-0.2, 0) is 4.74 Å². The summed E-state index contributed by atoms with van der Waals surface area (Å²) in [6, 6.07) is 1.30. The molecule has 0 amide bonds. The van der Waals surface area contributed by atoms with Crippen LogP contribution in [0.2, 0.25) is 0 Å². The second-order valence-electron chi connectivity index (χ2n) is 6.94. The number of nitrogens with one attached hydrogen (secondary N) is 1. The van der Waals surface area contributed by atoms with E-state index in [-0.39, 0.29) is 0 Å². The van der Waals surface area contributed by atoms with Gasteiger partial charge in [-0.25, -0.2) is 0 Å². The van der Waals surface area contributed by atoms with Crippen LogP contribution in [0.3, 0.4) is 0 Å². The molecule has 1 N–H and O–H groups in total. The van der Waals surface area contributed by atoms with Crippen molar-refractivity contribution in [3.8, 4) is 0 Å². The van der Waals surface area contributed by atoms with Gasteiger partial charge in [0.1, 0.15) is 0 Å². The van der Waals surface area contributed by atoms with Gasteiger partial charge in [0.15, 0.2) is 0 Å². The Morgan fingerprint density at radius 1 is 1.33 bits per heavy atom. The average Bonchev–Trinajstić information content (AvgIpc) is 2.76. The standard InChI is InChI=1S/C15H30N2O/c1-15(2,3)14(16-4)8-9-17-10-11-18-13-7-5-6-12(13)17/h12-14,16H,5-11H2,1-4H3. The highest BCUT2D eigenvalue weighted by Gasteiger charge is 2.36. The number of morpholine rings is 1. The molecule has 106 valence electrons. The number of fused-ring (bicyclic) bond motifs is 1. The van der Waals surface area contributed by atoms with Gasteiger partial charge in [0.25, 0.3) is 0 Å². The van der Waals surface area contributed by atoms with Crippen molar-refractivity contribution in [2.24, 2.45) is 5.41 Å². The summed E-state index contributed by atoms with van der Waals surface area (Å²) in [5, 5.41) is 3.48. The van der Waals surface area contributed by atoms with Crippen molar-refractivity contribution in [3.05, 3.63) is 0 Å². The van der Waals surface area contributed by atoms with Crippen LogP contribution in [0.15, 0.2) is 0 Å². The maximum Gasteiger partial charge on any atom is 0.0730 e. The molecule has 3 unspecified atom stereocenters. The van der Waals surface area contributed by atoms with Gasteiger partial charge in [-0.1, -0.05) is 20.8 Å². The molecule has 1 saturated heterocycles. The van der Waals surface area contributed by atoms with E-state index in [0.717, 1.165) is 13.2 Å². The first kappa shape index (κ1) is 14.3. The fourth-order valence-corrected chi connectivity index (χ4v) is 3.59. The molecule has 3 atom stereocenters. The molecular weight excluding hydrogens is 224 g/mol. The van der Waals surface area contributed by atoms with E-state index in [1.807, 2.05) is 0 Å². The molecule has 0 radical (unpaired) electrons. The molecule has 0 spiro atoms. The van der Waals surface area contributed by atoms with Gasteiger partial charge in [-0.05, 0) is 38.1 Å². The fourth-order valence-electron chi connectivity index (χ4n) is 3.59. The van der Waals surface area contributed by atoms with Gasteiger partial charge in [0.2, 0.25) is 0 Å². The minimum atomic E-state index is 0.343. The smallest absolute Gasteiger partial charge is 0.0730 e. The molecule has 1 aliphatic heterocycles. The summed E-state index contributed by atoms with van der Waals surface area (Å²) >= 11 is 0. The first-order valence-corrected chi connectivity index (χ1v) is 7.55. The third-order valence-corrected chi connectivity index (χ3v) is 4.70. The first-order chi connectivity index (χ1) is 8.52. The lowest BCUT2D eigenvalue weighted by molar-refractivity contribution is -0.0571. The first-order valence-electron chi connectivity index (χ1n) is 7.55. The van der Waals surface area contributed by atoms with Crippen LogP contribution in [-0.4, -0.2) is 49.8 Å². The Morgan fingerprint density at radius 2 is 2.11 bits per heavy atom. The molecule has 3 heteroatoms. The lowest BCUT2D eigenvalue weighted by Gasteiger charge is -2.39. The Hall–Kier alpha value is -0.120. The molecule has 2 fully saturated rings. The highest BCUT2D eigenvalue weighted by molar-refractivity contribution is 4.90. The van der Waals surface area contributed by atoms with Gasteiger partial charge in [-0.15, -0.1) is 0 Å². The number of rotatable bonds is 4. The lowest BCUT2D eigenvalue weighted by Crippen LogP contribution is -2.50. The normalized spacial score (nSPS) is 31.3. The summed E-state index contributed by atoms with van der Waals surface area (Å²) in [7, 11) is 2.09. The van der Waals surface area contributed by atoms with Gasteiger partial charge >= 0.3 is 0 Å². The summed E-state index contributed by atoms with van der Waals surface area (Å²) in [6.45, 7) is 10.2. The quantitative estimate of drug-likeness (QED) is 0.833. The third kappa shape index (κ3) is 3.25. The molecule has 2 rings (SSSR count). The molecule has 3 nitrogen and oxygen atoms in total. The van der Waals surface area contributed by atoms with E-state index in [2.05, 4.69) is 38.0 Å². The number of ether oxygens (including phenoxy) is 1. The highest BCUT2D eigenvalue weighted by atomic mass is 16.5. The van der Waals surface area contributed by atoms with Crippen molar-refractivity contribution in [1.29, 1.82) is 0 Å². The van der Waals surface area contributed by atoms with Crippen molar-refractivity contribution in [2.75, 3.05) is 26.7 Å². The third-order valence-electron chi connectivity index (χ3n) is 4.70. The van der Waals surface area contributed by atoms with E-state index < -0.39 is 0 Å². The van der Waals surface area contributed by atoms with E-state index in [1.165, 1.54) is 32.2 Å². The second-order valence-corrected chi connectivity index (χ2v) is 6.94. The van der Waals surface area contributed by atoms with Crippen LogP contribution in [0.1, 0.15) is 46.5 Å². The fraction of sp³-hybridized carbons (Fsp3) is 1.00. The predicted molar refractivity (Wildman–Crippen MR) is 75.9 cm³/mol. The zero-order chi connectivity index (χ0) is 13.2. The van der Waals surface area contributed by atoms with Crippen molar-refractivity contribution in [3.63, 3.8) is 0 Å². The van der Waals surface area contributed by atoms with Crippen LogP contribution in [0.4, 0.5) is 0 Å². The zero-order valence-electron chi connectivity index (χ0n) is 12.5. The summed E-state index contributed by atoms with van der Waals surface area (Å²) in [5.41, 5.74) is 0.343. The van der Waals surface area contributed by atoms with Gasteiger partial charge in [0.05, 0.1) is 12.7 Å². The van der Waals surface area contributed by atoms with Crippen LogP contribution < -0.4 is 5.32 Å². The number of hydrogen-bond donors (Lipinski definition) is 1. The molecule has 0 aromatic rings. The Bertz CT molecular complexity index is 262. The molecule has 0 aromatic carbocycles. The van der Waals surface area contributed by atoms with Crippen molar-refractivity contribution < 1.29 is 4.74 Å². The van der Waals surface area contributed by atoms with E-state index in [0.29, 0.717) is 23.6 Å². The topological polar surface area (TPSA) is 24.5 Å². The van der Waals surface area contributed by atoms with Crippen molar-refractivity contribution in [1.82, 2.24) is 10.2 Å². The van der Waals surface area contributed by atoms with Gasteiger partial charge in [-0.3, -0.25) is 4.90 Å². The monoisotopic (exact) mass is 254 g/mol. The maximum atomic E-state index is 5.88. The summed E-state index contributed by atoms with van der Waals surface area (Å²) in [5.74, 6) is 0. The number of hydrogen-bond acceptors (Lipinski definition) is 3. The SMILES string of the molecule is CNC(CCN1CCOC2CCCC21)C(C)(C)C. The minimum absolute atomic E-state index is 0.343. The average molecular weight is 254 g/mol. The van der Waals surface area contributed by atoms with Gasteiger partial charge in [0, 0.05) is 25.2 Å². The van der Waals surface area contributed by atoms with Crippen molar-refractivity contribution >= 4 is 0 Å². The van der Waals surface area contributed by atoms with E-state index >= 15 is 0 Å². The Balaban J connectivity index is 1.85. The number of nitrogens with zero attached hydrogens (tertiary/aromatic N) is 1. The predicted octanol–water partition coefficient (Wildman–Crippen LogP) is 2.26. The van der Waals surface area contributed by atoms with Crippen LogP contribution in [0, 0.1) is 5.41 Å². The summed E-state index contributed by atoms with van der Waals surface area (Å²) in [6.07, 6.45) is 5.73. The molecule has 0 aromatic heterocycles. The van der Waals surface area contributed by atoms with E-state index in [4.69, 9.17) is 4.74 Å². The van der Waals surface area contributed by atoms with Crippen LogP contribution >= 0.6 is 0 Å². The molecular formula is C15H30N2O. The summed E-state index contributed by atoms with van der Waals surface area (Å²) in [4.78, 5) is 2.68. The maximum absolute atomic E-state index is 5.88. The lowest BCUT2D eigenvalue weighted by atomic mass is 9.84. The van der Waals surface area contributed by atoms with E-state index in [1.54, 1.807) is 0 Å². The second kappa shape index (κ2) is 5.89. The Morgan fingerprint density at radius 3 is 2.78 bits per heavy atom. The van der Waals surface area contributed by atoms with Gasteiger partial charge in [-0.2, -0.15) is 0 Å².